The first-order valence-corrected chi connectivity index (χ1v) is 12.1. The third-order valence-corrected chi connectivity index (χ3v) is 7.09. The monoisotopic (exact) mass is 508 g/mol. The molecular weight excluding hydrogens is 485 g/mol. The Morgan fingerprint density at radius 2 is 1.64 bits per heavy atom. The van der Waals surface area contributed by atoms with Crippen molar-refractivity contribution in [2.75, 3.05) is 4.90 Å². The Morgan fingerprint density at radius 3 is 2.39 bits per heavy atom. The topological polar surface area (TPSA) is 51.0 Å². The quantitative estimate of drug-likeness (QED) is 0.296. The fourth-order valence-corrected chi connectivity index (χ4v) is 5.10. The maximum Gasteiger partial charge on any atom is 0.416 e. The van der Waals surface area contributed by atoms with Gasteiger partial charge in [0.2, 0.25) is 0 Å². The molecule has 5 nitrogen and oxygen atoms in total. The highest BCUT2D eigenvalue weighted by Gasteiger charge is 2.35. The summed E-state index contributed by atoms with van der Waals surface area (Å²) in [7, 11) is 0. The highest BCUT2D eigenvalue weighted by Crippen LogP contribution is 2.49. The number of halogens is 3. The van der Waals surface area contributed by atoms with Crippen LogP contribution in [0.4, 0.5) is 24.5 Å². The summed E-state index contributed by atoms with van der Waals surface area (Å²) in [6.07, 6.45) is -2.84. The van der Waals surface area contributed by atoms with Crippen LogP contribution in [0.5, 0.6) is 0 Å². The molecule has 0 N–H and O–H groups in total. The maximum atomic E-state index is 13.5. The fraction of sp³-hybridized carbons (Fsp3) is 0.222. The summed E-state index contributed by atoms with van der Waals surface area (Å²) in [5, 5.41) is 8.35. The zero-order valence-corrected chi connectivity index (χ0v) is 20.7. The lowest BCUT2D eigenvalue weighted by molar-refractivity contribution is -0.137. The third-order valence-electron chi connectivity index (χ3n) is 5.96. The summed E-state index contributed by atoms with van der Waals surface area (Å²) in [6.45, 7) is 6.19. The van der Waals surface area contributed by atoms with Crippen LogP contribution in [0.1, 0.15) is 31.9 Å². The molecule has 0 unspecified atom stereocenters. The van der Waals surface area contributed by atoms with E-state index in [-0.39, 0.29) is 17.6 Å². The first kappa shape index (κ1) is 24.1. The van der Waals surface area contributed by atoms with E-state index in [0.29, 0.717) is 16.3 Å². The molecule has 5 rings (SSSR count). The molecule has 0 fully saturated rings. The van der Waals surface area contributed by atoms with Gasteiger partial charge in [0.05, 0.1) is 23.1 Å². The van der Waals surface area contributed by atoms with E-state index in [0.717, 1.165) is 28.2 Å². The van der Waals surface area contributed by atoms with E-state index in [9.17, 15) is 18.0 Å². The number of aromatic nitrogens is 3. The molecule has 0 spiro atoms. The second kappa shape index (κ2) is 8.81. The number of amides is 1. The zero-order valence-electron chi connectivity index (χ0n) is 19.9. The molecule has 0 aliphatic carbocycles. The second-order valence-corrected chi connectivity index (χ2v) is 10.7. The summed E-state index contributed by atoms with van der Waals surface area (Å²) in [5.41, 5.74) is 2.54. The molecule has 3 aromatic carbocycles. The van der Waals surface area contributed by atoms with Crippen LogP contribution in [-0.2, 0) is 22.9 Å². The molecule has 9 heteroatoms. The number of hydrogen-bond donors (Lipinski definition) is 0. The van der Waals surface area contributed by atoms with Crippen LogP contribution in [0.15, 0.2) is 82.7 Å². The number of benzene rings is 3. The van der Waals surface area contributed by atoms with Crippen molar-refractivity contribution < 1.29 is 18.0 Å². The van der Waals surface area contributed by atoms with Crippen LogP contribution in [0, 0.1) is 0 Å². The number of fused-ring (bicyclic) bond motifs is 2. The zero-order chi connectivity index (χ0) is 25.7. The second-order valence-electron chi connectivity index (χ2n) is 9.61. The van der Waals surface area contributed by atoms with Crippen LogP contribution >= 0.6 is 11.8 Å². The largest absolute Gasteiger partial charge is 0.416 e. The molecular formula is C27H23F3N4OS. The number of anilines is 2. The number of para-hydroxylation sites is 1. The van der Waals surface area contributed by atoms with E-state index in [2.05, 4.69) is 37.1 Å². The van der Waals surface area contributed by atoms with E-state index in [4.69, 9.17) is 0 Å². The van der Waals surface area contributed by atoms with Gasteiger partial charge in [-0.05, 0) is 47.4 Å². The highest BCUT2D eigenvalue weighted by atomic mass is 32.2. The molecule has 1 aromatic heterocycles. The minimum Gasteiger partial charge on any atom is -0.277 e. The van der Waals surface area contributed by atoms with Crippen LogP contribution in [0.3, 0.4) is 0 Å². The highest BCUT2D eigenvalue weighted by molar-refractivity contribution is 7.99. The number of rotatable bonds is 3. The first-order chi connectivity index (χ1) is 17.0. The minimum atomic E-state index is -4.52. The van der Waals surface area contributed by atoms with Crippen molar-refractivity contribution >= 4 is 29.0 Å². The molecule has 1 aliphatic rings. The van der Waals surface area contributed by atoms with Crippen molar-refractivity contribution in [3.05, 3.63) is 84.1 Å². The number of nitrogens with zero attached hydrogens (tertiary/aromatic N) is 4. The van der Waals surface area contributed by atoms with E-state index >= 15 is 0 Å². The summed E-state index contributed by atoms with van der Waals surface area (Å²) in [5.74, 6) is -0.414. The summed E-state index contributed by atoms with van der Waals surface area (Å²) < 4.78 is 41.8. The summed E-state index contributed by atoms with van der Waals surface area (Å²) in [6, 6.07) is 18.6. The average Bonchev–Trinajstić information content (AvgIpc) is 3.29. The van der Waals surface area contributed by atoms with E-state index in [1.165, 1.54) is 27.4 Å². The Morgan fingerprint density at radius 1 is 0.889 bits per heavy atom. The molecule has 184 valence electrons. The van der Waals surface area contributed by atoms with Crippen molar-refractivity contribution in [1.29, 1.82) is 0 Å². The predicted molar refractivity (Wildman–Crippen MR) is 133 cm³/mol. The lowest BCUT2D eigenvalue weighted by atomic mass is 9.86. The van der Waals surface area contributed by atoms with Crippen molar-refractivity contribution in [2.45, 2.75) is 48.7 Å². The van der Waals surface area contributed by atoms with E-state index < -0.39 is 17.6 Å². The van der Waals surface area contributed by atoms with Gasteiger partial charge in [0.1, 0.15) is 12.2 Å². The molecule has 0 atom stereocenters. The van der Waals surface area contributed by atoms with Gasteiger partial charge in [-0.3, -0.25) is 9.69 Å². The number of hydrogen-bond acceptors (Lipinski definition) is 4. The van der Waals surface area contributed by atoms with Gasteiger partial charge in [0.15, 0.2) is 0 Å². The Labute approximate surface area is 210 Å². The van der Waals surface area contributed by atoms with Gasteiger partial charge in [-0.1, -0.05) is 68.1 Å². The van der Waals surface area contributed by atoms with Gasteiger partial charge >= 0.3 is 6.18 Å². The number of carbonyl (C=O) groups is 1. The first-order valence-electron chi connectivity index (χ1n) is 11.3. The Balaban J connectivity index is 1.48. The Kier molecular flexibility index (Phi) is 5.90. The predicted octanol–water partition coefficient (Wildman–Crippen LogP) is 7.09. The fourth-order valence-electron chi connectivity index (χ4n) is 4.06. The summed E-state index contributed by atoms with van der Waals surface area (Å²) >= 11 is 1.34. The van der Waals surface area contributed by atoms with Gasteiger partial charge in [-0.25, -0.2) is 4.68 Å². The molecule has 0 radical (unpaired) electrons. The van der Waals surface area contributed by atoms with Gasteiger partial charge in [0.25, 0.3) is 5.91 Å². The Hall–Kier alpha value is -3.59. The van der Waals surface area contributed by atoms with Crippen molar-refractivity contribution in [3.63, 3.8) is 0 Å². The van der Waals surface area contributed by atoms with Crippen LogP contribution in [0.2, 0.25) is 0 Å². The molecule has 4 aromatic rings. The van der Waals surface area contributed by atoms with Gasteiger partial charge < -0.3 is 0 Å². The van der Waals surface area contributed by atoms with E-state index in [1.807, 2.05) is 30.3 Å². The number of alkyl halides is 3. The number of carbonyl (C=O) groups excluding carboxylic acids is 1. The van der Waals surface area contributed by atoms with Crippen molar-refractivity contribution in [2.24, 2.45) is 0 Å². The van der Waals surface area contributed by atoms with Gasteiger partial charge in [0, 0.05) is 15.4 Å². The van der Waals surface area contributed by atoms with Crippen LogP contribution in [0.25, 0.3) is 11.3 Å². The molecule has 0 saturated carbocycles. The molecule has 0 saturated heterocycles. The molecule has 1 amide bonds. The smallest absolute Gasteiger partial charge is 0.277 e. The normalized spacial score (nSPS) is 13.3. The van der Waals surface area contributed by atoms with Gasteiger partial charge in [-0.2, -0.15) is 13.2 Å². The SMILES string of the molecule is CC(C)(C)c1cccc(-c2cn(CC(=O)N3c4ccccc4Sc4ccc(C(F)(F)F)cc43)nn2)c1. The summed E-state index contributed by atoms with van der Waals surface area (Å²) in [4.78, 5) is 16.2. The molecule has 36 heavy (non-hydrogen) atoms. The maximum absolute atomic E-state index is 13.5. The molecule has 1 aliphatic heterocycles. The molecule has 0 bridgehead atoms. The van der Waals surface area contributed by atoms with Gasteiger partial charge in [-0.15, -0.1) is 5.10 Å². The van der Waals surface area contributed by atoms with Crippen molar-refractivity contribution in [3.8, 4) is 11.3 Å². The van der Waals surface area contributed by atoms with Crippen molar-refractivity contribution in [1.82, 2.24) is 15.0 Å². The minimum absolute atomic E-state index is 0.0374. The Bertz CT molecular complexity index is 1460. The third kappa shape index (κ3) is 4.63. The standard InChI is InChI=1S/C27H23F3N4OS/c1-26(2,3)18-8-6-7-17(13-18)20-15-33(32-31-20)16-25(35)34-21-9-4-5-10-23(21)36-24-12-11-19(14-22(24)34)27(28,29)30/h4-15H,16H2,1-3H3. The lowest BCUT2D eigenvalue weighted by Gasteiger charge is -2.31. The lowest BCUT2D eigenvalue weighted by Crippen LogP contribution is -2.32. The molecule has 2 heterocycles. The van der Waals surface area contributed by atoms with E-state index in [1.54, 1.807) is 18.3 Å². The average molecular weight is 509 g/mol. The van der Waals surface area contributed by atoms with Crippen LogP contribution in [-0.4, -0.2) is 20.9 Å². The van der Waals surface area contributed by atoms with Crippen LogP contribution < -0.4 is 4.90 Å².